The number of alkyl carbamates (subject to hydrolysis) is 1. The fourth-order valence-corrected chi connectivity index (χ4v) is 5.22. The van der Waals surface area contributed by atoms with Crippen LogP contribution in [0.3, 0.4) is 0 Å². The molecule has 2 fully saturated rings. The van der Waals surface area contributed by atoms with Crippen LogP contribution in [0, 0.1) is 5.92 Å². The maximum Gasteiger partial charge on any atom is 0.407 e. The molecule has 1 saturated heterocycles. The molecule has 1 N–H and O–H groups in total. The number of hydrogen-bond acceptors (Lipinski definition) is 3. The van der Waals surface area contributed by atoms with E-state index in [1.165, 1.54) is 24.2 Å². The van der Waals surface area contributed by atoms with Gasteiger partial charge in [-0.2, -0.15) is 0 Å². The Hall–Kier alpha value is -1.16. The lowest BCUT2D eigenvalue weighted by Crippen LogP contribution is -2.54. The first kappa shape index (κ1) is 14.8. The van der Waals surface area contributed by atoms with Crippen molar-refractivity contribution < 1.29 is 9.53 Å². The molecule has 0 radical (unpaired) electrons. The molecule has 114 valence electrons. The fourth-order valence-electron chi connectivity index (χ4n) is 3.57. The Morgan fingerprint density at radius 1 is 1.19 bits per heavy atom. The summed E-state index contributed by atoms with van der Waals surface area (Å²) in [6.07, 6.45) is 5.78. The third-order valence-corrected chi connectivity index (χ3v) is 6.16. The molecular weight excluding hydrogens is 282 g/mol. The summed E-state index contributed by atoms with van der Waals surface area (Å²) in [6, 6.07) is 10.5. The summed E-state index contributed by atoms with van der Waals surface area (Å²) in [6.45, 7) is 2.91. The van der Waals surface area contributed by atoms with Gasteiger partial charge in [0.25, 0.3) is 0 Å². The molecule has 2 aliphatic rings. The second kappa shape index (κ2) is 6.30. The summed E-state index contributed by atoms with van der Waals surface area (Å²) >= 11 is 1.92. The monoisotopic (exact) mass is 305 g/mol. The molecular formula is C17H23NO2S. The second-order valence-electron chi connectivity index (χ2n) is 6.22. The van der Waals surface area contributed by atoms with Crippen molar-refractivity contribution in [3.63, 3.8) is 0 Å². The first-order chi connectivity index (χ1) is 10.2. The number of rotatable bonds is 3. The van der Waals surface area contributed by atoms with Crippen LogP contribution in [0.5, 0.6) is 0 Å². The third-order valence-electron chi connectivity index (χ3n) is 4.60. The number of carbonyl (C=O) groups excluding carboxylic acids is 1. The third kappa shape index (κ3) is 3.20. The number of ether oxygens (including phenoxy) is 1. The molecule has 1 saturated carbocycles. The summed E-state index contributed by atoms with van der Waals surface area (Å²) in [5, 5.41) is 2.81. The van der Waals surface area contributed by atoms with E-state index in [2.05, 4.69) is 36.5 Å². The molecule has 2 atom stereocenters. The highest BCUT2D eigenvalue weighted by molar-refractivity contribution is 8.00. The van der Waals surface area contributed by atoms with Crippen molar-refractivity contribution in [3.05, 3.63) is 30.3 Å². The second-order valence-corrected chi connectivity index (χ2v) is 7.71. The van der Waals surface area contributed by atoms with Crippen LogP contribution in [-0.4, -0.2) is 23.5 Å². The number of cyclic esters (lactones) is 1. The van der Waals surface area contributed by atoms with Crippen LogP contribution in [0.15, 0.2) is 35.2 Å². The van der Waals surface area contributed by atoms with Crippen molar-refractivity contribution in [1.82, 2.24) is 5.32 Å². The summed E-state index contributed by atoms with van der Waals surface area (Å²) in [5.74, 6) is 0.358. The molecule has 1 heterocycles. The van der Waals surface area contributed by atoms with Crippen LogP contribution in [0.1, 0.15) is 39.0 Å². The van der Waals surface area contributed by atoms with Gasteiger partial charge in [0.2, 0.25) is 0 Å². The SMILES string of the molecule is C[C@H]1CNC(=O)O[C@H]1C1(Sc2ccccc2)CCCCC1. The number of thioether (sulfide) groups is 1. The highest BCUT2D eigenvalue weighted by atomic mass is 32.2. The predicted octanol–water partition coefficient (Wildman–Crippen LogP) is 4.23. The minimum atomic E-state index is -0.253. The molecule has 1 aliphatic heterocycles. The standard InChI is InChI=1S/C17H23NO2S/c1-13-12-18-16(19)20-15(13)17(10-6-3-7-11-17)21-14-8-4-2-5-9-14/h2,4-5,8-9,13,15H,3,6-7,10-12H2,1H3,(H,18,19)/t13-,15+/m0/s1. The molecule has 21 heavy (non-hydrogen) atoms. The van der Waals surface area contributed by atoms with E-state index in [9.17, 15) is 4.79 Å². The van der Waals surface area contributed by atoms with E-state index < -0.39 is 0 Å². The molecule has 3 nitrogen and oxygen atoms in total. The highest BCUT2D eigenvalue weighted by Gasteiger charge is 2.47. The average Bonchev–Trinajstić information content (AvgIpc) is 2.51. The van der Waals surface area contributed by atoms with Crippen LogP contribution in [0.25, 0.3) is 0 Å². The van der Waals surface area contributed by atoms with E-state index in [1.807, 2.05) is 17.8 Å². The largest absolute Gasteiger partial charge is 0.444 e. The van der Waals surface area contributed by atoms with E-state index >= 15 is 0 Å². The van der Waals surface area contributed by atoms with Gasteiger partial charge in [0.1, 0.15) is 6.10 Å². The van der Waals surface area contributed by atoms with E-state index in [4.69, 9.17) is 4.74 Å². The molecule has 0 bridgehead atoms. The predicted molar refractivity (Wildman–Crippen MR) is 85.6 cm³/mol. The van der Waals surface area contributed by atoms with Gasteiger partial charge in [0.15, 0.2) is 0 Å². The van der Waals surface area contributed by atoms with Gasteiger partial charge < -0.3 is 10.1 Å². The lowest BCUT2D eigenvalue weighted by molar-refractivity contribution is 0.00913. The van der Waals surface area contributed by atoms with Gasteiger partial charge in [0, 0.05) is 17.4 Å². The molecule has 1 amide bonds. The van der Waals surface area contributed by atoms with Crippen molar-refractivity contribution in [2.24, 2.45) is 5.92 Å². The Labute approximate surface area is 130 Å². The van der Waals surface area contributed by atoms with E-state index in [0.717, 1.165) is 19.4 Å². The maximum absolute atomic E-state index is 11.7. The Bertz CT molecular complexity index is 485. The number of nitrogens with one attached hydrogen (secondary N) is 1. The molecule has 3 rings (SSSR count). The van der Waals surface area contributed by atoms with Crippen LogP contribution >= 0.6 is 11.8 Å². The van der Waals surface area contributed by atoms with Crippen molar-refractivity contribution in [1.29, 1.82) is 0 Å². The molecule has 0 aromatic heterocycles. The number of carbonyl (C=O) groups is 1. The molecule has 1 aliphatic carbocycles. The normalized spacial score (nSPS) is 28.5. The van der Waals surface area contributed by atoms with E-state index in [-0.39, 0.29) is 16.9 Å². The first-order valence-corrected chi connectivity index (χ1v) is 8.70. The van der Waals surface area contributed by atoms with Gasteiger partial charge in [-0.05, 0) is 25.0 Å². The Morgan fingerprint density at radius 2 is 1.90 bits per heavy atom. The molecule has 0 unspecified atom stereocenters. The van der Waals surface area contributed by atoms with Gasteiger partial charge in [0.05, 0.1) is 4.75 Å². The molecule has 4 heteroatoms. The zero-order chi connectivity index (χ0) is 14.7. The number of amides is 1. The smallest absolute Gasteiger partial charge is 0.407 e. The molecule has 0 spiro atoms. The van der Waals surface area contributed by atoms with Gasteiger partial charge in [-0.15, -0.1) is 11.8 Å². The summed E-state index contributed by atoms with van der Waals surface area (Å²) in [7, 11) is 0. The van der Waals surface area contributed by atoms with Crippen LogP contribution in [-0.2, 0) is 4.74 Å². The minimum absolute atomic E-state index is 0.0109. The topological polar surface area (TPSA) is 38.3 Å². The molecule has 1 aromatic rings. The van der Waals surface area contributed by atoms with Crippen molar-refractivity contribution >= 4 is 17.9 Å². The fraction of sp³-hybridized carbons (Fsp3) is 0.588. The summed E-state index contributed by atoms with van der Waals surface area (Å²) < 4.78 is 5.78. The number of hydrogen-bond donors (Lipinski definition) is 1. The summed E-state index contributed by atoms with van der Waals surface area (Å²) in [4.78, 5) is 13.0. The van der Waals surface area contributed by atoms with Gasteiger partial charge in [-0.1, -0.05) is 44.4 Å². The zero-order valence-electron chi connectivity index (χ0n) is 12.5. The van der Waals surface area contributed by atoms with Gasteiger partial charge in [-0.25, -0.2) is 4.79 Å². The van der Waals surface area contributed by atoms with Crippen LogP contribution in [0.4, 0.5) is 4.79 Å². The Kier molecular flexibility index (Phi) is 4.43. The van der Waals surface area contributed by atoms with Crippen LogP contribution in [0.2, 0.25) is 0 Å². The average molecular weight is 305 g/mol. The van der Waals surface area contributed by atoms with Crippen molar-refractivity contribution in [2.45, 2.75) is 54.8 Å². The van der Waals surface area contributed by atoms with Crippen molar-refractivity contribution in [2.75, 3.05) is 6.54 Å². The van der Waals surface area contributed by atoms with Crippen molar-refractivity contribution in [3.8, 4) is 0 Å². The first-order valence-electron chi connectivity index (χ1n) is 7.88. The maximum atomic E-state index is 11.7. The minimum Gasteiger partial charge on any atom is -0.444 e. The number of benzene rings is 1. The van der Waals surface area contributed by atoms with E-state index in [0.29, 0.717) is 5.92 Å². The highest BCUT2D eigenvalue weighted by Crippen LogP contribution is 2.49. The Morgan fingerprint density at radius 3 is 2.62 bits per heavy atom. The van der Waals surface area contributed by atoms with E-state index in [1.54, 1.807) is 0 Å². The zero-order valence-corrected chi connectivity index (χ0v) is 13.3. The lowest BCUT2D eigenvalue weighted by Gasteiger charge is -2.46. The summed E-state index contributed by atoms with van der Waals surface area (Å²) in [5.41, 5.74) is 0. The van der Waals surface area contributed by atoms with Gasteiger partial charge >= 0.3 is 6.09 Å². The lowest BCUT2D eigenvalue weighted by atomic mass is 9.79. The van der Waals surface area contributed by atoms with Gasteiger partial charge in [-0.3, -0.25) is 0 Å². The Balaban J connectivity index is 1.87. The van der Waals surface area contributed by atoms with Crippen LogP contribution < -0.4 is 5.32 Å². The molecule has 1 aromatic carbocycles. The quantitative estimate of drug-likeness (QED) is 0.908.